The van der Waals surface area contributed by atoms with Gasteiger partial charge in [0.2, 0.25) is 0 Å². The van der Waals surface area contributed by atoms with E-state index in [4.69, 9.17) is 4.74 Å². The standard InChI is InChI=1S/C30H40N4O3/c35-28(21-31-11-7-23-3-1-2-4-25(23)20-31)22-34-12-8-24-19-27(5-6-29(24)30(34)36)32-13-9-26(10-14-32)33-15-17-37-18-16-33/h1-6,19,26,28,35H,7-18,20-22H2/t28-/m1/s1. The lowest BCUT2D eigenvalue weighted by atomic mass is 9.96. The van der Waals surface area contributed by atoms with Gasteiger partial charge in [-0.2, -0.15) is 0 Å². The lowest BCUT2D eigenvalue weighted by Crippen LogP contribution is -2.49. The predicted molar refractivity (Wildman–Crippen MR) is 145 cm³/mol. The first-order valence-electron chi connectivity index (χ1n) is 14.1. The lowest BCUT2D eigenvalue weighted by molar-refractivity contribution is 0.0115. The van der Waals surface area contributed by atoms with Crippen molar-refractivity contribution in [3.05, 3.63) is 64.7 Å². The molecule has 0 bridgehead atoms. The Morgan fingerprint density at radius 1 is 0.865 bits per heavy atom. The fourth-order valence-corrected chi connectivity index (χ4v) is 6.65. The number of β-amino-alcohol motifs (C(OH)–C–C–N with tert-alkyl or cyclic N) is 1. The summed E-state index contributed by atoms with van der Waals surface area (Å²) in [6, 6.07) is 15.6. The van der Waals surface area contributed by atoms with Crippen LogP contribution in [0.5, 0.6) is 0 Å². The van der Waals surface area contributed by atoms with Gasteiger partial charge in [-0.25, -0.2) is 0 Å². The second-order valence-corrected chi connectivity index (χ2v) is 11.1. The second kappa shape index (κ2) is 11.1. The van der Waals surface area contributed by atoms with Crippen molar-refractivity contribution in [3.63, 3.8) is 0 Å². The number of hydrogen-bond acceptors (Lipinski definition) is 6. The summed E-state index contributed by atoms with van der Waals surface area (Å²) < 4.78 is 5.52. The van der Waals surface area contributed by atoms with Gasteiger partial charge in [0.25, 0.3) is 5.91 Å². The van der Waals surface area contributed by atoms with Gasteiger partial charge in [0.05, 0.1) is 19.3 Å². The first-order chi connectivity index (χ1) is 18.1. The van der Waals surface area contributed by atoms with Crippen LogP contribution in [0, 0.1) is 0 Å². The maximum atomic E-state index is 13.3. The van der Waals surface area contributed by atoms with Crippen LogP contribution >= 0.6 is 0 Å². The molecule has 2 aromatic carbocycles. The van der Waals surface area contributed by atoms with Gasteiger partial charge in [0.15, 0.2) is 0 Å². The molecule has 0 radical (unpaired) electrons. The fourth-order valence-electron chi connectivity index (χ4n) is 6.65. The summed E-state index contributed by atoms with van der Waals surface area (Å²) in [5.74, 6) is 0.0573. The number of nitrogens with zero attached hydrogens (tertiary/aromatic N) is 4. The molecule has 0 aromatic heterocycles. The highest BCUT2D eigenvalue weighted by Crippen LogP contribution is 2.28. The van der Waals surface area contributed by atoms with Crippen LogP contribution in [-0.2, 0) is 24.1 Å². The summed E-state index contributed by atoms with van der Waals surface area (Å²) in [5.41, 5.74) is 5.96. The maximum absolute atomic E-state index is 13.3. The Morgan fingerprint density at radius 2 is 1.62 bits per heavy atom. The zero-order chi connectivity index (χ0) is 25.2. The number of hydrogen-bond donors (Lipinski definition) is 1. The SMILES string of the molecule is O=C1c2ccc(N3CCC(N4CCOCC4)CC3)cc2CCN1C[C@H](O)CN1CCc2ccccc2C1. The van der Waals surface area contributed by atoms with Crippen molar-refractivity contribution in [2.24, 2.45) is 0 Å². The van der Waals surface area contributed by atoms with Crippen molar-refractivity contribution < 1.29 is 14.6 Å². The molecule has 4 heterocycles. The Hall–Kier alpha value is -2.45. The van der Waals surface area contributed by atoms with Crippen molar-refractivity contribution in [2.45, 2.75) is 44.4 Å². The molecular formula is C30H40N4O3. The van der Waals surface area contributed by atoms with Gasteiger partial charge >= 0.3 is 0 Å². The van der Waals surface area contributed by atoms with Crippen LogP contribution in [0.4, 0.5) is 5.69 Å². The van der Waals surface area contributed by atoms with Gasteiger partial charge in [0, 0.05) is 76.2 Å². The number of fused-ring (bicyclic) bond motifs is 2. The molecule has 1 atom stereocenters. The first kappa shape index (κ1) is 24.9. The molecule has 2 saturated heterocycles. The number of rotatable bonds is 6. The highest BCUT2D eigenvalue weighted by Gasteiger charge is 2.29. The lowest BCUT2D eigenvalue weighted by Gasteiger charge is -2.41. The van der Waals surface area contributed by atoms with Gasteiger partial charge in [-0.05, 0) is 60.6 Å². The number of aliphatic hydroxyl groups is 1. The van der Waals surface area contributed by atoms with Crippen LogP contribution in [0.2, 0.25) is 0 Å². The molecule has 4 aliphatic rings. The average molecular weight is 505 g/mol. The van der Waals surface area contributed by atoms with Crippen molar-refractivity contribution >= 4 is 11.6 Å². The Bertz CT molecular complexity index is 1090. The smallest absolute Gasteiger partial charge is 0.254 e. The van der Waals surface area contributed by atoms with E-state index in [0.29, 0.717) is 25.7 Å². The van der Waals surface area contributed by atoms with Gasteiger partial charge in [0.1, 0.15) is 0 Å². The molecule has 2 fully saturated rings. The van der Waals surface area contributed by atoms with Gasteiger partial charge in [-0.3, -0.25) is 14.6 Å². The molecule has 0 unspecified atom stereocenters. The average Bonchev–Trinajstić information content (AvgIpc) is 2.95. The second-order valence-electron chi connectivity index (χ2n) is 11.1. The summed E-state index contributed by atoms with van der Waals surface area (Å²) >= 11 is 0. The van der Waals surface area contributed by atoms with Crippen molar-refractivity contribution in [1.29, 1.82) is 0 Å². The number of amides is 1. The summed E-state index contributed by atoms with van der Waals surface area (Å²) in [6.07, 6.45) is 3.70. The van der Waals surface area contributed by atoms with Crippen LogP contribution in [0.15, 0.2) is 42.5 Å². The summed E-state index contributed by atoms with van der Waals surface area (Å²) in [4.78, 5) is 22.5. The molecular weight excluding hydrogens is 464 g/mol. The summed E-state index contributed by atoms with van der Waals surface area (Å²) in [5, 5.41) is 10.8. The number of morpholine rings is 1. The molecule has 0 spiro atoms. The van der Waals surface area contributed by atoms with E-state index >= 15 is 0 Å². The minimum absolute atomic E-state index is 0.0573. The van der Waals surface area contributed by atoms with Crippen molar-refractivity contribution in [3.8, 4) is 0 Å². The van der Waals surface area contributed by atoms with Crippen LogP contribution < -0.4 is 4.90 Å². The zero-order valence-electron chi connectivity index (χ0n) is 21.9. The van der Waals surface area contributed by atoms with E-state index in [-0.39, 0.29) is 5.91 Å². The van der Waals surface area contributed by atoms with Crippen LogP contribution in [0.3, 0.4) is 0 Å². The van der Waals surface area contributed by atoms with Crippen LogP contribution in [-0.4, -0.2) is 103 Å². The topological polar surface area (TPSA) is 59.5 Å². The molecule has 1 amide bonds. The minimum atomic E-state index is -0.539. The quantitative estimate of drug-likeness (QED) is 0.652. The number of ether oxygens (including phenoxy) is 1. The number of carbonyl (C=O) groups is 1. The number of carbonyl (C=O) groups excluding carboxylic acids is 1. The summed E-state index contributed by atoms with van der Waals surface area (Å²) in [6.45, 7) is 9.47. The van der Waals surface area contributed by atoms with E-state index < -0.39 is 6.10 Å². The predicted octanol–water partition coefficient (Wildman–Crippen LogP) is 2.41. The number of benzene rings is 2. The largest absolute Gasteiger partial charge is 0.390 e. The highest BCUT2D eigenvalue weighted by molar-refractivity contribution is 5.97. The van der Waals surface area contributed by atoms with Crippen LogP contribution in [0.1, 0.15) is 39.9 Å². The van der Waals surface area contributed by atoms with Crippen LogP contribution in [0.25, 0.3) is 0 Å². The monoisotopic (exact) mass is 504 g/mol. The Kier molecular flexibility index (Phi) is 7.47. The Balaban J connectivity index is 1.02. The molecule has 0 saturated carbocycles. The normalized spacial score (nSPS) is 22.6. The third-order valence-electron chi connectivity index (χ3n) is 8.76. The van der Waals surface area contributed by atoms with E-state index in [0.717, 1.165) is 76.5 Å². The molecule has 6 rings (SSSR count). The van der Waals surface area contributed by atoms with Crippen molar-refractivity contribution in [2.75, 3.05) is 70.5 Å². The van der Waals surface area contributed by atoms with Gasteiger partial charge in [-0.1, -0.05) is 24.3 Å². The molecule has 0 aliphatic carbocycles. The van der Waals surface area contributed by atoms with E-state index in [1.807, 2.05) is 11.0 Å². The summed E-state index contributed by atoms with van der Waals surface area (Å²) in [7, 11) is 0. The number of anilines is 1. The molecule has 4 aliphatic heterocycles. The number of piperidine rings is 1. The molecule has 7 heteroatoms. The van der Waals surface area contributed by atoms with E-state index in [9.17, 15) is 9.90 Å². The molecule has 2 aromatic rings. The fraction of sp³-hybridized carbons (Fsp3) is 0.567. The van der Waals surface area contributed by atoms with E-state index in [1.54, 1.807) is 0 Å². The first-order valence-corrected chi connectivity index (χ1v) is 14.1. The van der Waals surface area contributed by atoms with Gasteiger partial charge in [-0.15, -0.1) is 0 Å². The van der Waals surface area contributed by atoms with Gasteiger partial charge < -0.3 is 19.6 Å². The molecule has 198 valence electrons. The highest BCUT2D eigenvalue weighted by atomic mass is 16.5. The molecule has 7 nitrogen and oxygen atoms in total. The Morgan fingerprint density at radius 3 is 2.43 bits per heavy atom. The maximum Gasteiger partial charge on any atom is 0.254 e. The third kappa shape index (κ3) is 5.55. The van der Waals surface area contributed by atoms with Crippen molar-refractivity contribution in [1.82, 2.24) is 14.7 Å². The van der Waals surface area contributed by atoms with E-state index in [2.05, 4.69) is 51.1 Å². The molecule has 37 heavy (non-hydrogen) atoms. The third-order valence-corrected chi connectivity index (χ3v) is 8.76. The van der Waals surface area contributed by atoms with E-state index in [1.165, 1.54) is 29.7 Å². The molecule has 1 N–H and O–H groups in total. The minimum Gasteiger partial charge on any atom is -0.390 e. The number of aliphatic hydroxyl groups excluding tert-OH is 1. The Labute approximate surface area is 220 Å². The zero-order valence-corrected chi connectivity index (χ0v) is 21.9.